The smallest absolute Gasteiger partial charge is 0.113 e. The fraction of sp³-hybridized carbons (Fsp3) is 0.0417. The molecule has 0 aliphatic carbocycles. The summed E-state index contributed by atoms with van der Waals surface area (Å²) in [6, 6.07) is 61.4. The quantitative estimate of drug-likeness (QED) is 0.164. The van der Waals surface area contributed by atoms with Crippen molar-refractivity contribution in [1.82, 2.24) is 0 Å². The van der Waals surface area contributed by atoms with E-state index >= 15 is 0 Å². The van der Waals surface area contributed by atoms with Crippen molar-refractivity contribution >= 4 is 109 Å². The maximum absolute atomic E-state index is 2.54. The van der Waals surface area contributed by atoms with E-state index in [2.05, 4.69) is 182 Å². The second kappa shape index (κ2) is 11.2. The lowest BCUT2D eigenvalue weighted by molar-refractivity contribution is 1.29. The highest BCUT2D eigenvalue weighted by Gasteiger charge is 2.39. The Balaban J connectivity index is 1.09. The first-order chi connectivity index (χ1) is 25.5. The molecule has 52 heavy (non-hydrogen) atoms. The summed E-state index contributed by atoms with van der Waals surface area (Å²) in [5, 5.41) is 11.0. The second-order valence-corrected chi connectivity index (χ2v) is 21.0. The van der Waals surface area contributed by atoms with Crippen LogP contribution in [-0.4, -0.2) is 8.07 Å². The van der Waals surface area contributed by atoms with Gasteiger partial charge in [0.05, 0.1) is 0 Å². The third kappa shape index (κ3) is 4.45. The lowest BCUT2D eigenvalue weighted by atomic mass is 9.99. The minimum absolute atomic E-state index is 1.16. The first-order valence-electron chi connectivity index (χ1n) is 17.9. The summed E-state index contributed by atoms with van der Waals surface area (Å²) in [7, 11) is -2.00. The zero-order chi connectivity index (χ0) is 34.6. The van der Waals surface area contributed by atoms with Gasteiger partial charge in [-0.15, -0.1) is 22.7 Å². The maximum atomic E-state index is 2.54. The van der Waals surface area contributed by atoms with E-state index in [0.717, 1.165) is 5.69 Å². The number of anilines is 3. The van der Waals surface area contributed by atoms with Gasteiger partial charge in [0.1, 0.15) is 8.07 Å². The Morgan fingerprint density at radius 1 is 0.423 bits per heavy atom. The van der Waals surface area contributed by atoms with Crippen molar-refractivity contribution in [1.29, 1.82) is 0 Å². The number of fused-ring (bicyclic) bond motifs is 11. The molecule has 0 radical (unpaired) electrons. The number of hydrogen-bond donors (Lipinski definition) is 0. The third-order valence-electron chi connectivity index (χ3n) is 11.2. The Hall–Kier alpha value is -5.52. The molecule has 0 saturated heterocycles. The lowest BCUT2D eigenvalue weighted by Crippen LogP contribution is -2.49. The van der Waals surface area contributed by atoms with Crippen LogP contribution in [0.2, 0.25) is 13.1 Å². The minimum Gasteiger partial charge on any atom is -0.310 e. The van der Waals surface area contributed by atoms with Gasteiger partial charge in [-0.3, -0.25) is 0 Å². The molecule has 2 aromatic heterocycles. The van der Waals surface area contributed by atoms with Crippen molar-refractivity contribution in [2.75, 3.05) is 4.90 Å². The van der Waals surface area contributed by atoms with Gasteiger partial charge in [-0.25, -0.2) is 0 Å². The average molecular weight is 716 g/mol. The first kappa shape index (κ1) is 30.1. The van der Waals surface area contributed by atoms with Crippen molar-refractivity contribution < 1.29 is 0 Å². The van der Waals surface area contributed by atoms with Crippen LogP contribution in [-0.2, 0) is 0 Å². The topological polar surface area (TPSA) is 3.24 Å². The summed E-state index contributed by atoms with van der Waals surface area (Å²) in [5.74, 6) is 0. The summed E-state index contributed by atoms with van der Waals surface area (Å²) in [5.41, 5.74) is 8.87. The number of nitrogens with zero attached hydrogens (tertiary/aromatic N) is 1. The molecule has 0 amide bonds. The molecule has 0 fully saturated rings. The molecular weight excluding hydrogens is 683 g/mol. The van der Waals surface area contributed by atoms with Crippen LogP contribution in [0.4, 0.5) is 17.1 Å². The largest absolute Gasteiger partial charge is 0.310 e. The van der Waals surface area contributed by atoms with E-state index in [1.807, 2.05) is 22.7 Å². The predicted octanol–water partition coefficient (Wildman–Crippen LogP) is 13.5. The molecule has 11 rings (SSSR count). The van der Waals surface area contributed by atoms with Crippen LogP contribution >= 0.6 is 22.7 Å². The van der Waals surface area contributed by atoms with E-state index in [4.69, 9.17) is 0 Å². The summed E-state index contributed by atoms with van der Waals surface area (Å²) in [4.78, 5) is 2.47. The summed E-state index contributed by atoms with van der Waals surface area (Å²) in [6.45, 7) is 5.07. The van der Waals surface area contributed by atoms with Crippen LogP contribution in [0.15, 0.2) is 164 Å². The number of thiophene rings is 2. The SMILES string of the molecule is C[Si]1(C)c2cc(N(c3ccc(-c4ccc5ccccc5c4)cc3)c3ccc4sc5ccccc5c4c3)ccc2-c2c1ccc1sc3ccccc3c21. The van der Waals surface area contributed by atoms with Crippen molar-refractivity contribution in [3.63, 3.8) is 0 Å². The molecule has 246 valence electrons. The molecule has 0 bridgehead atoms. The van der Waals surface area contributed by atoms with Gasteiger partial charge in [-0.2, -0.15) is 0 Å². The van der Waals surface area contributed by atoms with Gasteiger partial charge in [0, 0.05) is 57.4 Å². The Morgan fingerprint density at radius 3 is 1.88 bits per heavy atom. The molecule has 0 N–H and O–H groups in total. The van der Waals surface area contributed by atoms with E-state index in [-0.39, 0.29) is 0 Å². The van der Waals surface area contributed by atoms with E-state index in [1.54, 1.807) is 5.19 Å². The molecule has 10 aromatic rings. The molecule has 8 aromatic carbocycles. The van der Waals surface area contributed by atoms with Crippen molar-refractivity contribution in [3.05, 3.63) is 164 Å². The lowest BCUT2D eigenvalue weighted by Gasteiger charge is -2.28. The van der Waals surface area contributed by atoms with E-state index in [0.29, 0.717) is 0 Å². The Bertz CT molecular complexity index is 3060. The minimum atomic E-state index is -2.00. The van der Waals surface area contributed by atoms with Gasteiger partial charge in [0.2, 0.25) is 0 Å². The van der Waals surface area contributed by atoms with Crippen molar-refractivity contribution in [3.8, 4) is 22.3 Å². The van der Waals surface area contributed by atoms with Crippen LogP contribution in [0.25, 0.3) is 73.4 Å². The zero-order valence-corrected chi connectivity index (χ0v) is 31.5. The van der Waals surface area contributed by atoms with Gasteiger partial charge in [0.25, 0.3) is 0 Å². The van der Waals surface area contributed by atoms with Crippen LogP contribution in [0.3, 0.4) is 0 Å². The predicted molar refractivity (Wildman–Crippen MR) is 232 cm³/mol. The van der Waals surface area contributed by atoms with Crippen LogP contribution in [0.5, 0.6) is 0 Å². The molecule has 4 heteroatoms. The molecule has 0 saturated carbocycles. The molecule has 1 aliphatic heterocycles. The van der Waals surface area contributed by atoms with Gasteiger partial charge < -0.3 is 4.90 Å². The molecule has 0 unspecified atom stereocenters. The van der Waals surface area contributed by atoms with Gasteiger partial charge >= 0.3 is 0 Å². The summed E-state index contributed by atoms with van der Waals surface area (Å²) < 4.78 is 5.40. The standard InChI is InChI=1S/C48H33NS2Si/c1-52(2)45-26-25-44-47(38-12-6-8-14-42(38)51-44)48(45)39-23-21-36(29-46(39)52)49(35-22-24-43-40(28-35)37-11-5-7-13-41(37)50-43)34-19-17-31(18-20-34)33-16-15-30-9-3-4-10-32(30)27-33/h3-29H,1-2H3. The Labute approximate surface area is 311 Å². The maximum Gasteiger partial charge on any atom is 0.113 e. The van der Waals surface area contributed by atoms with Crippen molar-refractivity contribution in [2.45, 2.75) is 13.1 Å². The molecule has 1 nitrogen and oxygen atoms in total. The molecule has 0 atom stereocenters. The van der Waals surface area contributed by atoms with Crippen LogP contribution in [0.1, 0.15) is 0 Å². The van der Waals surface area contributed by atoms with Gasteiger partial charge in [0.15, 0.2) is 0 Å². The van der Waals surface area contributed by atoms with Gasteiger partial charge in [-0.1, -0.05) is 110 Å². The number of rotatable bonds is 4. The van der Waals surface area contributed by atoms with Crippen molar-refractivity contribution in [2.24, 2.45) is 0 Å². The highest BCUT2D eigenvalue weighted by Crippen LogP contribution is 2.45. The highest BCUT2D eigenvalue weighted by molar-refractivity contribution is 7.26. The molecular formula is C48H33NS2Si. The Kier molecular flexibility index (Phi) is 6.51. The summed E-state index contributed by atoms with van der Waals surface area (Å²) in [6.07, 6.45) is 0. The normalized spacial score (nSPS) is 13.3. The monoisotopic (exact) mass is 715 g/mol. The van der Waals surface area contributed by atoms with E-state index in [1.165, 1.54) is 89.9 Å². The average Bonchev–Trinajstić information content (AvgIpc) is 3.82. The number of benzene rings is 8. The number of hydrogen-bond acceptors (Lipinski definition) is 3. The first-order valence-corrected chi connectivity index (χ1v) is 22.5. The second-order valence-electron chi connectivity index (χ2n) is 14.5. The van der Waals surface area contributed by atoms with E-state index in [9.17, 15) is 0 Å². The highest BCUT2D eigenvalue weighted by atomic mass is 32.1. The third-order valence-corrected chi connectivity index (χ3v) is 17.1. The van der Waals surface area contributed by atoms with Crippen LogP contribution in [0, 0.1) is 0 Å². The summed E-state index contributed by atoms with van der Waals surface area (Å²) >= 11 is 3.79. The van der Waals surface area contributed by atoms with Gasteiger partial charge in [-0.05, 0) is 110 Å². The zero-order valence-electron chi connectivity index (χ0n) is 28.9. The molecule has 0 spiro atoms. The fourth-order valence-electron chi connectivity index (χ4n) is 8.64. The Morgan fingerprint density at radius 2 is 1.04 bits per heavy atom. The molecule has 1 aliphatic rings. The van der Waals surface area contributed by atoms with E-state index < -0.39 is 8.07 Å². The van der Waals surface area contributed by atoms with Crippen LogP contribution < -0.4 is 15.3 Å². The molecule has 3 heterocycles. The fourth-order valence-corrected chi connectivity index (χ4v) is 13.9.